The van der Waals surface area contributed by atoms with Crippen LogP contribution in [-0.4, -0.2) is 51.6 Å². The molecule has 0 aliphatic carbocycles. The molecule has 2 aliphatic rings. The molecule has 1 saturated heterocycles. The average Bonchev–Trinajstić information content (AvgIpc) is 3.01. The molecule has 4 aromatic carbocycles. The van der Waals surface area contributed by atoms with Crippen molar-refractivity contribution >= 4 is 45.7 Å². The third kappa shape index (κ3) is 3.65. The summed E-state index contributed by atoms with van der Waals surface area (Å²) < 4.78 is 0. The summed E-state index contributed by atoms with van der Waals surface area (Å²) in [6.07, 6.45) is 0. The molecule has 0 radical (unpaired) electrons. The molecule has 12 nitrogen and oxygen atoms in total. The van der Waals surface area contributed by atoms with Crippen LogP contribution >= 0.6 is 0 Å². The number of non-ortho nitro benzene ring substituents is 2. The van der Waals surface area contributed by atoms with Crippen molar-refractivity contribution in [3.8, 4) is 0 Å². The molecular formula is C30H23N5O7. The topological polar surface area (TPSA) is 156 Å². The normalized spacial score (nSPS) is 19.5. The zero-order chi connectivity index (χ0) is 29.9. The first-order valence-electron chi connectivity index (χ1n) is 12.9. The van der Waals surface area contributed by atoms with Gasteiger partial charge in [-0.1, -0.05) is 54.6 Å². The van der Waals surface area contributed by atoms with Gasteiger partial charge in [0, 0.05) is 50.0 Å². The minimum atomic E-state index is -2.11. The fourth-order valence-electron chi connectivity index (χ4n) is 6.35. The van der Waals surface area contributed by atoms with Gasteiger partial charge in [0.05, 0.1) is 15.9 Å². The fourth-order valence-corrected chi connectivity index (χ4v) is 6.35. The van der Waals surface area contributed by atoms with Crippen molar-refractivity contribution in [2.75, 3.05) is 19.4 Å². The standard InChI is InChI=1S/C30H23N5O7/c1-32-27(36)30(28(37)33(2)29(32)38)25(18-8-5-10-20(15-18)34(39)40)24-22-12-4-3-7-17(22)13-14-23(24)31-26(30)19-9-6-11-21(16-19)35(41)42/h3-16,25-26,31H,1-2H3/t25-,26+/m1/s1. The molecule has 0 unspecified atom stereocenters. The van der Waals surface area contributed by atoms with Crippen LogP contribution in [0.2, 0.25) is 0 Å². The van der Waals surface area contributed by atoms with E-state index in [1.165, 1.54) is 50.5 Å². The maximum absolute atomic E-state index is 14.6. The second kappa shape index (κ2) is 9.47. The van der Waals surface area contributed by atoms with Gasteiger partial charge in [-0.25, -0.2) is 4.79 Å². The molecule has 4 aromatic rings. The van der Waals surface area contributed by atoms with Gasteiger partial charge >= 0.3 is 6.03 Å². The number of hydrogen-bond donors (Lipinski definition) is 1. The van der Waals surface area contributed by atoms with E-state index in [2.05, 4.69) is 5.32 Å². The molecule has 1 N–H and O–H groups in total. The lowest BCUT2D eigenvalue weighted by Gasteiger charge is -2.53. The van der Waals surface area contributed by atoms with Crippen LogP contribution in [0, 0.1) is 25.6 Å². The number of nitro benzene ring substituents is 2. The van der Waals surface area contributed by atoms with Crippen LogP contribution in [0.15, 0.2) is 84.9 Å². The summed E-state index contributed by atoms with van der Waals surface area (Å²) in [5, 5.41) is 28.4. The van der Waals surface area contributed by atoms with Crippen molar-refractivity contribution in [3.63, 3.8) is 0 Å². The van der Waals surface area contributed by atoms with Gasteiger partial charge in [-0.3, -0.25) is 39.6 Å². The lowest BCUT2D eigenvalue weighted by molar-refractivity contribution is -0.385. The number of rotatable bonds is 4. The minimum Gasteiger partial charge on any atom is -0.376 e. The van der Waals surface area contributed by atoms with Crippen molar-refractivity contribution in [2.45, 2.75) is 12.0 Å². The summed E-state index contributed by atoms with van der Waals surface area (Å²) in [5.41, 5.74) is -0.979. The number of benzene rings is 4. The quantitative estimate of drug-likeness (QED) is 0.206. The predicted molar refractivity (Wildman–Crippen MR) is 152 cm³/mol. The van der Waals surface area contributed by atoms with Crippen LogP contribution in [0.25, 0.3) is 10.8 Å². The minimum absolute atomic E-state index is 0.247. The van der Waals surface area contributed by atoms with E-state index in [1.54, 1.807) is 24.3 Å². The number of hydrogen-bond acceptors (Lipinski definition) is 8. The summed E-state index contributed by atoms with van der Waals surface area (Å²) >= 11 is 0. The Labute approximate surface area is 238 Å². The van der Waals surface area contributed by atoms with E-state index in [1.807, 2.05) is 24.3 Å². The van der Waals surface area contributed by atoms with Crippen LogP contribution in [0.5, 0.6) is 0 Å². The number of nitro groups is 2. The van der Waals surface area contributed by atoms with Crippen LogP contribution in [0.1, 0.15) is 28.7 Å². The number of amides is 4. The molecule has 1 spiro atoms. The Bertz CT molecular complexity index is 1830. The fraction of sp³-hybridized carbons (Fsp3) is 0.167. The molecule has 12 heteroatoms. The summed E-state index contributed by atoms with van der Waals surface area (Å²) in [6.45, 7) is 0. The van der Waals surface area contributed by atoms with Crippen molar-refractivity contribution in [3.05, 3.63) is 122 Å². The van der Waals surface area contributed by atoms with Gasteiger partial charge in [0.25, 0.3) is 11.4 Å². The van der Waals surface area contributed by atoms with Crippen LogP contribution in [-0.2, 0) is 9.59 Å². The number of barbiturate groups is 1. The largest absolute Gasteiger partial charge is 0.376 e. The molecule has 2 aliphatic heterocycles. The van der Waals surface area contributed by atoms with E-state index in [0.29, 0.717) is 22.2 Å². The molecule has 210 valence electrons. The van der Waals surface area contributed by atoms with Gasteiger partial charge in [0.1, 0.15) is 0 Å². The van der Waals surface area contributed by atoms with E-state index in [4.69, 9.17) is 0 Å². The van der Waals surface area contributed by atoms with Gasteiger partial charge in [-0.05, 0) is 33.5 Å². The number of fused-ring (bicyclic) bond motifs is 3. The number of anilines is 1. The zero-order valence-corrected chi connectivity index (χ0v) is 22.4. The summed E-state index contributed by atoms with van der Waals surface area (Å²) in [6, 6.07) is 20.3. The summed E-state index contributed by atoms with van der Waals surface area (Å²) in [7, 11) is 2.53. The van der Waals surface area contributed by atoms with E-state index < -0.39 is 45.1 Å². The SMILES string of the molecule is CN1C(=O)N(C)C(=O)C2(C1=O)[C@H](c1cccc([N+](=O)[O-])c1)c1c(ccc3ccccc13)N[C@H]2c1cccc([N+](=O)[O-])c1. The number of nitrogens with one attached hydrogen (secondary N) is 1. The van der Waals surface area contributed by atoms with E-state index in [9.17, 15) is 34.6 Å². The molecule has 1 fully saturated rings. The van der Waals surface area contributed by atoms with Gasteiger partial charge < -0.3 is 5.32 Å². The molecule has 4 amide bonds. The Morgan fingerprint density at radius 1 is 0.738 bits per heavy atom. The van der Waals surface area contributed by atoms with Gasteiger partial charge in [-0.2, -0.15) is 0 Å². The van der Waals surface area contributed by atoms with Gasteiger partial charge in [0.2, 0.25) is 11.8 Å². The van der Waals surface area contributed by atoms with Crippen molar-refractivity contribution < 1.29 is 24.2 Å². The van der Waals surface area contributed by atoms with Crippen molar-refractivity contribution in [2.24, 2.45) is 5.41 Å². The monoisotopic (exact) mass is 565 g/mol. The highest BCUT2D eigenvalue weighted by Crippen LogP contribution is 2.60. The Hall–Kier alpha value is -5.65. The Kier molecular flexibility index (Phi) is 5.99. The second-order valence-electron chi connectivity index (χ2n) is 10.3. The van der Waals surface area contributed by atoms with Crippen LogP contribution in [0.4, 0.5) is 21.9 Å². The van der Waals surface area contributed by atoms with E-state index in [0.717, 1.165) is 15.2 Å². The number of urea groups is 1. The Balaban J connectivity index is 1.78. The highest BCUT2D eigenvalue weighted by molar-refractivity contribution is 6.21. The molecule has 2 atom stereocenters. The number of nitrogens with zero attached hydrogens (tertiary/aromatic N) is 4. The highest BCUT2D eigenvalue weighted by atomic mass is 16.6. The zero-order valence-electron chi connectivity index (χ0n) is 22.4. The Morgan fingerprint density at radius 2 is 1.31 bits per heavy atom. The first kappa shape index (κ1) is 26.6. The van der Waals surface area contributed by atoms with Gasteiger partial charge in [-0.15, -0.1) is 0 Å². The molecule has 6 rings (SSSR count). The molecule has 0 aromatic heterocycles. The number of carbonyl (C=O) groups excluding carboxylic acids is 3. The molecule has 0 saturated carbocycles. The van der Waals surface area contributed by atoms with Crippen LogP contribution in [0.3, 0.4) is 0 Å². The maximum Gasteiger partial charge on any atom is 0.332 e. The van der Waals surface area contributed by atoms with Gasteiger partial charge in [0.15, 0.2) is 5.41 Å². The van der Waals surface area contributed by atoms with Crippen molar-refractivity contribution in [1.82, 2.24) is 9.80 Å². The highest BCUT2D eigenvalue weighted by Gasteiger charge is 2.67. The second-order valence-corrected chi connectivity index (χ2v) is 10.3. The molecule has 0 bridgehead atoms. The van der Waals surface area contributed by atoms with E-state index >= 15 is 0 Å². The lowest BCUT2D eigenvalue weighted by atomic mass is 9.58. The maximum atomic E-state index is 14.6. The lowest BCUT2D eigenvalue weighted by Crippen LogP contribution is -2.68. The summed E-state index contributed by atoms with van der Waals surface area (Å²) in [5.74, 6) is -2.81. The molecular weight excluding hydrogens is 542 g/mol. The average molecular weight is 566 g/mol. The van der Waals surface area contributed by atoms with Crippen LogP contribution < -0.4 is 5.32 Å². The Morgan fingerprint density at radius 3 is 1.93 bits per heavy atom. The molecule has 2 heterocycles. The number of carbonyl (C=O) groups is 3. The third-order valence-electron chi connectivity index (χ3n) is 8.19. The third-order valence-corrected chi connectivity index (χ3v) is 8.19. The van der Waals surface area contributed by atoms with Crippen molar-refractivity contribution in [1.29, 1.82) is 0 Å². The number of imide groups is 2. The smallest absolute Gasteiger partial charge is 0.332 e. The predicted octanol–water partition coefficient (Wildman–Crippen LogP) is 4.99. The molecule has 42 heavy (non-hydrogen) atoms. The van der Waals surface area contributed by atoms with E-state index in [-0.39, 0.29) is 16.9 Å². The summed E-state index contributed by atoms with van der Waals surface area (Å²) in [4.78, 5) is 66.3. The first-order valence-corrected chi connectivity index (χ1v) is 12.9. The first-order chi connectivity index (χ1) is 20.1.